The third kappa shape index (κ3) is 2.47. The van der Waals surface area contributed by atoms with E-state index in [1.165, 1.54) is 32.1 Å². The standard InChI is InChI=1S/C11H22N2O/c12-9-2-1-3-10(6-9)13-7-11(8-14)4-5-11/h9-10,13-14H,1-8,12H2. The summed E-state index contributed by atoms with van der Waals surface area (Å²) in [6, 6.07) is 0.994. The van der Waals surface area contributed by atoms with Gasteiger partial charge in [-0.25, -0.2) is 0 Å². The molecule has 0 aromatic carbocycles. The van der Waals surface area contributed by atoms with E-state index in [-0.39, 0.29) is 5.41 Å². The molecule has 82 valence electrons. The van der Waals surface area contributed by atoms with Crippen molar-refractivity contribution in [3.05, 3.63) is 0 Å². The van der Waals surface area contributed by atoms with Crippen molar-refractivity contribution >= 4 is 0 Å². The highest BCUT2D eigenvalue weighted by Crippen LogP contribution is 2.44. The number of aliphatic hydroxyl groups is 1. The molecule has 14 heavy (non-hydrogen) atoms. The third-order valence-corrected chi connectivity index (χ3v) is 3.77. The lowest BCUT2D eigenvalue weighted by molar-refractivity contribution is 0.198. The molecule has 2 rings (SSSR count). The van der Waals surface area contributed by atoms with E-state index in [9.17, 15) is 5.11 Å². The number of nitrogens with one attached hydrogen (secondary N) is 1. The van der Waals surface area contributed by atoms with Gasteiger partial charge in [-0.1, -0.05) is 6.42 Å². The zero-order chi connectivity index (χ0) is 10.0. The average Bonchev–Trinajstić information content (AvgIpc) is 2.96. The van der Waals surface area contributed by atoms with Crippen molar-refractivity contribution in [2.24, 2.45) is 11.1 Å². The Labute approximate surface area is 86.1 Å². The molecular formula is C11H22N2O. The van der Waals surface area contributed by atoms with Crippen LogP contribution >= 0.6 is 0 Å². The van der Waals surface area contributed by atoms with Crippen LogP contribution in [0.1, 0.15) is 38.5 Å². The lowest BCUT2D eigenvalue weighted by atomic mass is 9.91. The molecule has 2 fully saturated rings. The molecular weight excluding hydrogens is 176 g/mol. The second-order valence-electron chi connectivity index (χ2n) is 5.16. The van der Waals surface area contributed by atoms with Gasteiger partial charge in [0.25, 0.3) is 0 Å². The minimum Gasteiger partial charge on any atom is -0.396 e. The van der Waals surface area contributed by atoms with Crippen LogP contribution in [-0.4, -0.2) is 30.3 Å². The topological polar surface area (TPSA) is 58.3 Å². The quantitative estimate of drug-likeness (QED) is 0.620. The van der Waals surface area contributed by atoms with Crippen molar-refractivity contribution in [2.45, 2.75) is 50.6 Å². The monoisotopic (exact) mass is 198 g/mol. The highest BCUT2D eigenvalue weighted by Gasteiger charge is 2.42. The van der Waals surface area contributed by atoms with Gasteiger partial charge in [-0.05, 0) is 32.1 Å². The molecule has 3 heteroatoms. The number of rotatable bonds is 4. The van der Waals surface area contributed by atoms with E-state index < -0.39 is 0 Å². The minimum atomic E-state index is 0.238. The highest BCUT2D eigenvalue weighted by molar-refractivity contribution is 4.95. The van der Waals surface area contributed by atoms with Crippen molar-refractivity contribution in [1.82, 2.24) is 5.32 Å². The maximum absolute atomic E-state index is 9.17. The maximum Gasteiger partial charge on any atom is 0.0499 e. The summed E-state index contributed by atoms with van der Waals surface area (Å²) < 4.78 is 0. The molecule has 2 saturated carbocycles. The number of aliphatic hydroxyl groups excluding tert-OH is 1. The molecule has 2 aliphatic rings. The van der Waals surface area contributed by atoms with Crippen molar-refractivity contribution < 1.29 is 5.11 Å². The summed E-state index contributed by atoms with van der Waals surface area (Å²) in [7, 11) is 0. The van der Waals surface area contributed by atoms with Crippen LogP contribution in [0.5, 0.6) is 0 Å². The zero-order valence-electron chi connectivity index (χ0n) is 8.84. The lowest BCUT2D eigenvalue weighted by Crippen LogP contribution is -2.42. The fourth-order valence-electron chi connectivity index (χ4n) is 2.34. The van der Waals surface area contributed by atoms with Crippen molar-refractivity contribution in [3.8, 4) is 0 Å². The van der Waals surface area contributed by atoms with Crippen LogP contribution in [0.15, 0.2) is 0 Å². The van der Waals surface area contributed by atoms with Gasteiger partial charge in [0.2, 0.25) is 0 Å². The van der Waals surface area contributed by atoms with Gasteiger partial charge < -0.3 is 16.2 Å². The molecule has 0 aromatic heterocycles. The molecule has 2 unspecified atom stereocenters. The summed E-state index contributed by atoms with van der Waals surface area (Å²) >= 11 is 0. The summed E-state index contributed by atoms with van der Waals surface area (Å²) in [4.78, 5) is 0. The Morgan fingerprint density at radius 2 is 2.14 bits per heavy atom. The second kappa shape index (κ2) is 4.17. The van der Waals surface area contributed by atoms with E-state index in [1.807, 2.05) is 0 Å². The van der Waals surface area contributed by atoms with Crippen molar-refractivity contribution in [3.63, 3.8) is 0 Å². The first kappa shape index (κ1) is 10.4. The summed E-state index contributed by atoms with van der Waals surface area (Å²) in [6.07, 6.45) is 7.19. The van der Waals surface area contributed by atoms with E-state index >= 15 is 0 Å². The van der Waals surface area contributed by atoms with Crippen LogP contribution in [0.2, 0.25) is 0 Å². The molecule has 3 nitrogen and oxygen atoms in total. The van der Waals surface area contributed by atoms with Gasteiger partial charge in [-0.3, -0.25) is 0 Å². The summed E-state index contributed by atoms with van der Waals surface area (Å²) in [5, 5.41) is 12.7. The number of hydrogen-bond acceptors (Lipinski definition) is 3. The maximum atomic E-state index is 9.17. The second-order valence-corrected chi connectivity index (χ2v) is 5.16. The molecule has 2 aliphatic carbocycles. The zero-order valence-corrected chi connectivity index (χ0v) is 8.84. The molecule has 4 N–H and O–H groups in total. The van der Waals surface area contributed by atoms with Gasteiger partial charge in [-0.15, -0.1) is 0 Å². The van der Waals surface area contributed by atoms with E-state index in [0.29, 0.717) is 18.7 Å². The van der Waals surface area contributed by atoms with Gasteiger partial charge >= 0.3 is 0 Å². The van der Waals surface area contributed by atoms with Crippen LogP contribution in [0.3, 0.4) is 0 Å². The number of hydrogen-bond donors (Lipinski definition) is 3. The van der Waals surface area contributed by atoms with Crippen LogP contribution in [0.4, 0.5) is 0 Å². The minimum absolute atomic E-state index is 0.238. The average molecular weight is 198 g/mol. The molecule has 0 saturated heterocycles. The summed E-state index contributed by atoms with van der Waals surface area (Å²) in [5.41, 5.74) is 6.16. The molecule has 0 amide bonds. The summed E-state index contributed by atoms with van der Waals surface area (Å²) in [6.45, 7) is 1.33. The van der Waals surface area contributed by atoms with Gasteiger partial charge in [0.1, 0.15) is 0 Å². The van der Waals surface area contributed by atoms with E-state index in [0.717, 1.165) is 13.0 Å². The Bertz CT molecular complexity index is 192. The molecule has 0 bridgehead atoms. The Hall–Kier alpha value is -0.120. The van der Waals surface area contributed by atoms with Crippen molar-refractivity contribution in [2.75, 3.05) is 13.2 Å². The first-order valence-corrected chi connectivity index (χ1v) is 5.84. The third-order valence-electron chi connectivity index (χ3n) is 3.77. The Kier molecular flexibility index (Phi) is 3.10. The van der Waals surface area contributed by atoms with Crippen LogP contribution < -0.4 is 11.1 Å². The Balaban J connectivity index is 1.69. The van der Waals surface area contributed by atoms with Gasteiger partial charge in [0.05, 0.1) is 0 Å². The molecule has 0 radical (unpaired) electrons. The first-order chi connectivity index (χ1) is 6.74. The van der Waals surface area contributed by atoms with Crippen LogP contribution in [0, 0.1) is 5.41 Å². The number of nitrogens with two attached hydrogens (primary N) is 1. The highest BCUT2D eigenvalue weighted by atomic mass is 16.3. The molecule has 0 aromatic rings. The van der Waals surface area contributed by atoms with Crippen LogP contribution in [-0.2, 0) is 0 Å². The van der Waals surface area contributed by atoms with Gasteiger partial charge in [0, 0.05) is 30.7 Å². The lowest BCUT2D eigenvalue weighted by Gasteiger charge is -2.28. The van der Waals surface area contributed by atoms with E-state index in [1.54, 1.807) is 0 Å². The fourth-order valence-corrected chi connectivity index (χ4v) is 2.34. The Morgan fingerprint density at radius 1 is 1.36 bits per heavy atom. The molecule has 0 aliphatic heterocycles. The first-order valence-electron chi connectivity index (χ1n) is 5.84. The Morgan fingerprint density at radius 3 is 2.71 bits per heavy atom. The summed E-state index contributed by atoms with van der Waals surface area (Å²) in [5.74, 6) is 0. The predicted octanol–water partition coefficient (Wildman–Crippen LogP) is 0.618. The van der Waals surface area contributed by atoms with E-state index in [2.05, 4.69) is 5.32 Å². The SMILES string of the molecule is NC1CCCC(NCC2(CO)CC2)C1. The molecule has 0 spiro atoms. The van der Waals surface area contributed by atoms with Gasteiger partial charge in [0.15, 0.2) is 0 Å². The fraction of sp³-hybridized carbons (Fsp3) is 1.00. The predicted molar refractivity (Wildman–Crippen MR) is 57.0 cm³/mol. The smallest absolute Gasteiger partial charge is 0.0499 e. The van der Waals surface area contributed by atoms with Crippen LogP contribution in [0.25, 0.3) is 0 Å². The van der Waals surface area contributed by atoms with Crippen molar-refractivity contribution in [1.29, 1.82) is 0 Å². The van der Waals surface area contributed by atoms with Gasteiger partial charge in [-0.2, -0.15) is 0 Å². The normalized spacial score (nSPS) is 35.6. The molecule has 0 heterocycles. The largest absolute Gasteiger partial charge is 0.396 e. The molecule has 2 atom stereocenters. The van der Waals surface area contributed by atoms with E-state index in [4.69, 9.17) is 5.73 Å².